The van der Waals surface area contributed by atoms with E-state index in [0.29, 0.717) is 10.8 Å². The zero-order valence-corrected chi connectivity index (χ0v) is 13.5. The summed E-state index contributed by atoms with van der Waals surface area (Å²) in [5.74, 6) is 0.395. The second kappa shape index (κ2) is 5.77. The number of hydrogen-bond acceptors (Lipinski definition) is 5. The monoisotopic (exact) mass is 322 g/mol. The van der Waals surface area contributed by atoms with Crippen LogP contribution in [0.25, 0.3) is 0 Å². The van der Waals surface area contributed by atoms with Gasteiger partial charge in [0, 0.05) is 36.8 Å². The first-order chi connectivity index (χ1) is 10.1. The molecule has 3 rings (SSSR count). The van der Waals surface area contributed by atoms with Gasteiger partial charge in [0.1, 0.15) is 0 Å². The molecule has 1 aliphatic heterocycles. The number of nitrogens with zero attached hydrogens (tertiary/aromatic N) is 2. The van der Waals surface area contributed by atoms with Crippen LogP contribution < -0.4 is 4.90 Å². The number of anilines is 1. The Balaban J connectivity index is 1.91. The molecule has 0 aliphatic carbocycles. The van der Waals surface area contributed by atoms with Crippen LogP contribution >= 0.6 is 11.3 Å². The molecule has 0 amide bonds. The minimum atomic E-state index is -3.21. The van der Waals surface area contributed by atoms with Gasteiger partial charge in [0.15, 0.2) is 9.84 Å². The van der Waals surface area contributed by atoms with E-state index in [2.05, 4.69) is 9.88 Å². The van der Waals surface area contributed by atoms with Crippen molar-refractivity contribution in [2.45, 2.75) is 23.7 Å². The lowest BCUT2D eigenvalue weighted by Crippen LogP contribution is -2.35. The van der Waals surface area contributed by atoms with Gasteiger partial charge < -0.3 is 4.90 Å². The minimum absolute atomic E-state index is 0.395. The van der Waals surface area contributed by atoms with Crippen LogP contribution in [0, 0.1) is 0 Å². The normalized spacial score (nSPS) is 19.7. The van der Waals surface area contributed by atoms with Gasteiger partial charge in [0.25, 0.3) is 0 Å². The predicted molar refractivity (Wildman–Crippen MR) is 85.9 cm³/mol. The van der Waals surface area contributed by atoms with E-state index < -0.39 is 9.84 Å². The molecule has 0 saturated carbocycles. The summed E-state index contributed by atoms with van der Waals surface area (Å²) in [5.41, 5.74) is 0.821. The summed E-state index contributed by atoms with van der Waals surface area (Å²) in [6.45, 7) is 1.73. The van der Waals surface area contributed by atoms with Gasteiger partial charge in [-0.25, -0.2) is 13.4 Å². The van der Waals surface area contributed by atoms with Gasteiger partial charge in [0.2, 0.25) is 0 Å². The highest BCUT2D eigenvalue weighted by Crippen LogP contribution is 2.33. The first-order valence-electron chi connectivity index (χ1n) is 6.99. The van der Waals surface area contributed by atoms with Crippen molar-refractivity contribution in [1.82, 2.24) is 4.98 Å². The number of thiazole rings is 1. The first kappa shape index (κ1) is 14.5. The largest absolute Gasteiger partial charge is 0.370 e. The Morgan fingerprint density at radius 1 is 1.33 bits per heavy atom. The summed E-state index contributed by atoms with van der Waals surface area (Å²) in [4.78, 5) is 7.02. The van der Waals surface area contributed by atoms with Crippen molar-refractivity contribution in [2.24, 2.45) is 0 Å². The number of para-hydroxylation sites is 1. The molecule has 1 saturated heterocycles. The van der Waals surface area contributed by atoms with E-state index in [1.807, 2.05) is 23.7 Å². The van der Waals surface area contributed by atoms with E-state index in [1.165, 1.54) is 6.26 Å². The highest BCUT2D eigenvalue weighted by Gasteiger charge is 2.26. The highest BCUT2D eigenvalue weighted by atomic mass is 32.2. The molecule has 0 radical (unpaired) electrons. The summed E-state index contributed by atoms with van der Waals surface area (Å²) in [7, 11) is -3.21. The summed E-state index contributed by atoms with van der Waals surface area (Å²) in [6.07, 6.45) is 5.28. The lowest BCUT2D eigenvalue weighted by atomic mass is 9.98. The highest BCUT2D eigenvalue weighted by molar-refractivity contribution is 7.90. The van der Waals surface area contributed by atoms with Crippen molar-refractivity contribution < 1.29 is 8.42 Å². The van der Waals surface area contributed by atoms with E-state index in [-0.39, 0.29) is 0 Å². The number of sulfone groups is 1. The molecule has 4 nitrogen and oxygen atoms in total. The Morgan fingerprint density at radius 2 is 2.14 bits per heavy atom. The first-order valence-corrected chi connectivity index (χ1v) is 9.76. The standard InChI is InChI=1S/C15H18N2O2S2/c1-21(18,19)14-7-3-2-6-13(14)17-9-4-5-12(11-17)15-16-8-10-20-15/h2-3,6-8,10,12H,4-5,9,11H2,1H3. The maximum Gasteiger partial charge on any atom is 0.177 e. The van der Waals surface area contributed by atoms with Gasteiger partial charge in [0.05, 0.1) is 15.6 Å². The van der Waals surface area contributed by atoms with Gasteiger partial charge in [-0.05, 0) is 25.0 Å². The Hall–Kier alpha value is -1.40. The van der Waals surface area contributed by atoms with Gasteiger partial charge in [-0.1, -0.05) is 12.1 Å². The van der Waals surface area contributed by atoms with Gasteiger partial charge in [-0.3, -0.25) is 0 Å². The lowest BCUT2D eigenvalue weighted by Gasteiger charge is -2.34. The molecule has 1 aromatic carbocycles. The number of rotatable bonds is 3. The Morgan fingerprint density at radius 3 is 2.86 bits per heavy atom. The predicted octanol–water partition coefficient (Wildman–Crippen LogP) is 2.93. The maximum atomic E-state index is 12.0. The SMILES string of the molecule is CS(=O)(=O)c1ccccc1N1CCCC(c2nccs2)C1. The quantitative estimate of drug-likeness (QED) is 0.872. The molecule has 2 heterocycles. The molecular weight excluding hydrogens is 304 g/mol. The molecule has 1 aliphatic rings. The smallest absolute Gasteiger partial charge is 0.177 e. The maximum absolute atomic E-state index is 12.0. The molecule has 0 spiro atoms. The number of aromatic nitrogens is 1. The molecule has 1 fully saturated rings. The fourth-order valence-electron chi connectivity index (χ4n) is 2.87. The van der Waals surface area contributed by atoms with Crippen LogP contribution in [-0.4, -0.2) is 32.7 Å². The molecule has 0 N–H and O–H groups in total. The molecule has 112 valence electrons. The molecule has 2 aromatic rings. The topological polar surface area (TPSA) is 50.3 Å². The summed E-state index contributed by atoms with van der Waals surface area (Å²) in [5, 5.41) is 3.15. The third-order valence-electron chi connectivity index (χ3n) is 3.83. The van der Waals surface area contributed by atoms with E-state index in [0.717, 1.165) is 36.6 Å². The van der Waals surface area contributed by atoms with E-state index in [1.54, 1.807) is 23.5 Å². The van der Waals surface area contributed by atoms with Crippen LogP contribution in [0.5, 0.6) is 0 Å². The zero-order valence-electron chi connectivity index (χ0n) is 11.9. The second-order valence-electron chi connectivity index (χ2n) is 5.40. The zero-order chi connectivity index (χ0) is 14.9. The molecule has 1 atom stereocenters. The van der Waals surface area contributed by atoms with Gasteiger partial charge in [-0.2, -0.15) is 0 Å². The number of benzene rings is 1. The van der Waals surface area contributed by atoms with Crippen LogP contribution in [0.2, 0.25) is 0 Å². The van der Waals surface area contributed by atoms with Crippen molar-refractivity contribution in [3.8, 4) is 0 Å². The average Bonchev–Trinajstić information content (AvgIpc) is 3.01. The molecule has 6 heteroatoms. The van der Waals surface area contributed by atoms with Crippen molar-refractivity contribution in [3.05, 3.63) is 40.8 Å². The third kappa shape index (κ3) is 3.11. The van der Waals surface area contributed by atoms with Crippen LogP contribution in [0.4, 0.5) is 5.69 Å². The van der Waals surface area contributed by atoms with Crippen molar-refractivity contribution in [3.63, 3.8) is 0 Å². The minimum Gasteiger partial charge on any atom is -0.370 e. The molecule has 1 aromatic heterocycles. The van der Waals surface area contributed by atoms with Crippen LogP contribution in [-0.2, 0) is 9.84 Å². The van der Waals surface area contributed by atoms with E-state index >= 15 is 0 Å². The van der Waals surface area contributed by atoms with Crippen molar-refractivity contribution in [1.29, 1.82) is 0 Å². The summed E-state index contributed by atoms with van der Waals surface area (Å²) < 4.78 is 23.9. The summed E-state index contributed by atoms with van der Waals surface area (Å²) >= 11 is 1.68. The van der Waals surface area contributed by atoms with Gasteiger partial charge in [-0.15, -0.1) is 11.3 Å². The molecule has 0 bridgehead atoms. The van der Waals surface area contributed by atoms with Crippen LogP contribution in [0.1, 0.15) is 23.8 Å². The van der Waals surface area contributed by atoms with Gasteiger partial charge >= 0.3 is 0 Å². The van der Waals surface area contributed by atoms with E-state index in [4.69, 9.17) is 0 Å². The lowest BCUT2D eigenvalue weighted by molar-refractivity contribution is 0.506. The fourth-order valence-corrected chi connectivity index (χ4v) is 4.54. The molecule has 1 unspecified atom stereocenters. The Bertz CT molecular complexity index is 711. The molecule has 21 heavy (non-hydrogen) atoms. The number of hydrogen-bond donors (Lipinski definition) is 0. The van der Waals surface area contributed by atoms with E-state index in [9.17, 15) is 8.42 Å². The Labute approximate surface area is 129 Å². The Kier molecular flexibility index (Phi) is 3.99. The van der Waals surface area contributed by atoms with Crippen molar-refractivity contribution in [2.75, 3.05) is 24.2 Å². The third-order valence-corrected chi connectivity index (χ3v) is 5.91. The molecular formula is C15H18N2O2S2. The van der Waals surface area contributed by atoms with Crippen molar-refractivity contribution >= 4 is 26.9 Å². The van der Waals surface area contributed by atoms with Crippen LogP contribution in [0.3, 0.4) is 0 Å². The number of piperidine rings is 1. The summed E-state index contributed by atoms with van der Waals surface area (Å²) in [6, 6.07) is 7.28. The fraction of sp³-hybridized carbons (Fsp3) is 0.400. The average molecular weight is 322 g/mol. The van der Waals surface area contributed by atoms with Crippen LogP contribution in [0.15, 0.2) is 40.7 Å². The second-order valence-corrected chi connectivity index (χ2v) is 8.31.